The quantitative estimate of drug-likeness (QED) is 0.749. The highest BCUT2D eigenvalue weighted by Crippen LogP contribution is 2.58. The van der Waals surface area contributed by atoms with Crippen LogP contribution in [0.25, 0.3) is 0 Å². The summed E-state index contributed by atoms with van der Waals surface area (Å²) in [6.07, 6.45) is 2.58. The lowest BCUT2D eigenvalue weighted by Gasteiger charge is -2.56. The van der Waals surface area contributed by atoms with Crippen LogP contribution in [0.4, 0.5) is 0 Å². The Labute approximate surface area is 109 Å². The minimum absolute atomic E-state index is 0.0191. The number of hydrogen-bond acceptors (Lipinski definition) is 3. The zero-order valence-electron chi connectivity index (χ0n) is 11.7. The first kappa shape index (κ1) is 13.8. The van der Waals surface area contributed by atoms with E-state index in [2.05, 4.69) is 20.8 Å². The third-order valence-electron chi connectivity index (χ3n) is 5.06. The molecule has 3 nitrogen and oxygen atoms in total. The average molecular weight is 252 g/mol. The van der Waals surface area contributed by atoms with E-state index in [1.165, 1.54) is 0 Å². The Morgan fingerprint density at radius 1 is 1.33 bits per heavy atom. The number of aliphatic hydroxyl groups excluding tert-OH is 2. The SMILES string of the molecule is CC1=CC(=O)[C@@H]2C(C)(C)C[C@H](O)C[C@]2(C)[C@@H]1CO. The molecule has 0 aromatic rings. The van der Waals surface area contributed by atoms with Gasteiger partial charge in [-0.25, -0.2) is 0 Å². The lowest BCUT2D eigenvalue weighted by molar-refractivity contribution is -0.146. The molecule has 0 spiro atoms. The van der Waals surface area contributed by atoms with Gasteiger partial charge in [0.15, 0.2) is 5.78 Å². The molecule has 18 heavy (non-hydrogen) atoms. The van der Waals surface area contributed by atoms with E-state index in [0.29, 0.717) is 12.8 Å². The summed E-state index contributed by atoms with van der Waals surface area (Å²) in [6.45, 7) is 8.12. The van der Waals surface area contributed by atoms with Gasteiger partial charge in [-0.2, -0.15) is 0 Å². The van der Waals surface area contributed by atoms with Crippen LogP contribution in [-0.4, -0.2) is 28.7 Å². The van der Waals surface area contributed by atoms with Crippen LogP contribution in [0.5, 0.6) is 0 Å². The topological polar surface area (TPSA) is 57.5 Å². The predicted molar refractivity (Wildman–Crippen MR) is 70.0 cm³/mol. The normalized spacial score (nSPS) is 43.3. The molecule has 1 fully saturated rings. The van der Waals surface area contributed by atoms with Crippen LogP contribution in [0.15, 0.2) is 11.6 Å². The van der Waals surface area contributed by atoms with E-state index < -0.39 is 0 Å². The van der Waals surface area contributed by atoms with Gasteiger partial charge in [-0.15, -0.1) is 0 Å². The summed E-state index contributed by atoms with van der Waals surface area (Å²) < 4.78 is 0. The third-order valence-corrected chi connectivity index (χ3v) is 5.06. The van der Waals surface area contributed by atoms with Crippen molar-refractivity contribution in [1.82, 2.24) is 0 Å². The van der Waals surface area contributed by atoms with Gasteiger partial charge in [-0.1, -0.05) is 26.3 Å². The molecule has 2 N–H and O–H groups in total. The van der Waals surface area contributed by atoms with Crippen molar-refractivity contribution in [2.45, 2.75) is 46.6 Å². The molecular formula is C15H24O3. The summed E-state index contributed by atoms with van der Waals surface area (Å²) in [5, 5.41) is 19.8. The lowest BCUT2D eigenvalue weighted by Crippen LogP contribution is -2.56. The molecule has 0 aromatic heterocycles. The number of carbonyl (C=O) groups is 1. The van der Waals surface area contributed by atoms with Gasteiger partial charge in [-0.05, 0) is 36.7 Å². The standard InChI is InChI=1S/C15H24O3/c1-9-5-12(18)13-14(2,3)6-10(17)7-15(13,4)11(9)8-16/h5,10-11,13,16-17H,6-8H2,1-4H3/t10-,11+,13+,15+/m0/s1. The number of ketones is 1. The fraction of sp³-hybridized carbons (Fsp3) is 0.800. The Morgan fingerprint density at radius 2 is 1.94 bits per heavy atom. The highest BCUT2D eigenvalue weighted by atomic mass is 16.3. The van der Waals surface area contributed by atoms with Crippen molar-refractivity contribution in [3.8, 4) is 0 Å². The molecule has 0 amide bonds. The molecule has 0 saturated heterocycles. The van der Waals surface area contributed by atoms with Crippen molar-refractivity contribution >= 4 is 5.78 Å². The van der Waals surface area contributed by atoms with Crippen molar-refractivity contribution < 1.29 is 15.0 Å². The maximum Gasteiger partial charge on any atom is 0.159 e. The fourth-order valence-electron chi connectivity index (χ4n) is 4.65. The zero-order valence-corrected chi connectivity index (χ0v) is 11.7. The molecule has 3 heteroatoms. The van der Waals surface area contributed by atoms with Crippen molar-refractivity contribution in [1.29, 1.82) is 0 Å². The Morgan fingerprint density at radius 3 is 2.50 bits per heavy atom. The molecule has 2 aliphatic carbocycles. The third kappa shape index (κ3) is 1.84. The van der Waals surface area contributed by atoms with Crippen LogP contribution in [0.3, 0.4) is 0 Å². The van der Waals surface area contributed by atoms with Crippen LogP contribution in [-0.2, 0) is 4.79 Å². The van der Waals surface area contributed by atoms with E-state index in [1.54, 1.807) is 6.08 Å². The Kier molecular flexibility index (Phi) is 3.19. The average Bonchev–Trinajstić information content (AvgIpc) is 2.12. The van der Waals surface area contributed by atoms with Crippen LogP contribution < -0.4 is 0 Å². The second kappa shape index (κ2) is 4.17. The molecule has 0 heterocycles. The molecule has 0 bridgehead atoms. The van der Waals surface area contributed by atoms with Crippen molar-refractivity contribution in [2.75, 3.05) is 6.61 Å². The monoisotopic (exact) mass is 252 g/mol. The molecular weight excluding hydrogens is 228 g/mol. The number of rotatable bonds is 1. The summed E-state index contributed by atoms with van der Waals surface area (Å²) in [5.41, 5.74) is 0.408. The maximum absolute atomic E-state index is 12.4. The summed E-state index contributed by atoms with van der Waals surface area (Å²) >= 11 is 0. The van der Waals surface area contributed by atoms with Crippen LogP contribution in [0, 0.1) is 22.7 Å². The number of carbonyl (C=O) groups excluding carboxylic acids is 1. The zero-order chi connectivity index (χ0) is 13.7. The minimum atomic E-state index is -0.381. The van der Waals surface area contributed by atoms with Gasteiger partial charge < -0.3 is 10.2 Å². The second-order valence-corrected chi connectivity index (χ2v) is 7.02. The van der Waals surface area contributed by atoms with E-state index in [1.807, 2.05) is 6.92 Å². The van der Waals surface area contributed by atoms with Crippen molar-refractivity contribution in [3.05, 3.63) is 11.6 Å². The summed E-state index contributed by atoms with van der Waals surface area (Å²) in [4.78, 5) is 12.4. The molecule has 0 radical (unpaired) electrons. The van der Waals surface area contributed by atoms with Gasteiger partial charge >= 0.3 is 0 Å². The molecule has 4 atom stereocenters. The van der Waals surface area contributed by atoms with Gasteiger partial charge in [0, 0.05) is 11.8 Å². The Balaban J connectivity index is 2.54. The van der Waals surface area contributed by atoms with Crippen LogP contribution >= 0.6 is 0 Å². The minimum Gasteiger partial charge on any atom is -0.396 e. The van der Waals surface area contributed by atoms with Gasteiger partial charge in [0.05, 0.1) is 12.7 Å². The molecule has 102 valence electrons. The van der Waals surface area contributed by atoms with Crippen molar-refractivity contribution in [3.63, 3.8) is 0 Å². The first-order chi connectivity index (χ1) is 8.22. The number of aliphatic hydroxyl groups is 2. The lowest BCUT2D eigenvalue weighted by atomic mass is 9.48. The molecule has 0 unspecified atom stereocenters. The highest BCUT2D eigenvalue weighted by molar-refractivity contribution is 5.95. The largest absolute Gasteiger partial charge is 0.396 e. The molecule has 1 saturated carbocycles. The van der Waals surface area contributed by atoms with E-state index >= 15 is 0 Å². The van der Waals surface area contributed by atoms with Gasteiger partial charge in [0.2, 0.25) is 0 Å². The van der Waals surface area contributed by atoms with E-state index in [9.17, 15) is 15.0 Å². The van der Waals surface area contributed by atoms with Gasteiger partial charge in [-0.3, -0.25) is 4.79 Å². The first-order valence-electron chi connectivity index (χ1n) is 6.73. The van der Waals surface area contributed by atoms with E-state index in [-0.39, 0.29) is 41.2 Å². The smallest absolute Gasteiger partial charge is 0.159 e. The predicted octanol–water partition coefficient (Wildman–Crippen LogP) is 1.93. The first-order valence-corrected chi connectivity index (χ1v) is 6.73. The number of fused-ring (bicyclic) bond motifs is 1. The Bertz CT molecular complexity index is 397. The van der Waals surface area contributed by atoms with Crippen LogP contribution in [0.1, 0.15) is 40.5 Å². The molecule has 0 aromatic carbocycles. The second-order valence-electron chi connectivity index (χ2n) is 7.02. The van der Waals surface area contributed by atoms with Crippen molar-refractivity contribution in [2.24, 2.45) is 22.7 Å². The highest BCUT2D eigenvalue weighted by Gasteiger charge is 2.57. The summed E-state index contributed by atoms with van der Waals surface area (Å²) in [7, 11) is 0. The summed E-state index contributed by atoms with van der Waals surface area (Å²) in [6, 6.07) is 0. The maximum atomic E-state index is 12.4. The number of hydrogen-bond donors (Lipinski definition) is 2. The van der Waals surface area contributed by atoms with E-state index in [4.69, 9.17) is 0 Å². The molecule has 2 rings (SSSR count). The van der Waals surface area contributed by atoms with Gasteiger partial charge in [0.25, 0.3) is 0 Å². The van der Waals surface area contributed by atoms with Crippen LogP contribution in [0.2, 0.25) is 0 Å². The fourth-order valence-corrected chi connectivity index (χ4v) is 4.65. The molecule has 2 aliphatic rings. The van der Waals surface area contributed by atoms with Gasteiger partial charge in [0.1, 0.15) is 0 Å². The Hall–Kier alpha value is -0.670. The number of allylic oxidation sites excluding steroid dienone is 1. The molecule has 0 aliphatic heterocycles. The summed E-state index contributed by atoms with van der Waals surface area (Å²) in [5.74, 6) is 0.0419. The van der Waals surface area contributed by atoms with E-state index in [0.717, 1.165) is 5.57 Å².